The van der Waals surface area contributed by atoms with Gasteiger partial charge >= 0.3 is 5.97 Å². The number of carboxylic acids is 1. The van der Waals surface area contributed by atoms with Gasteiger partial charge in [-0.2, -0.15) is 11.8 Å². The molecular weight excluding hydrogens is 369 g/mol. The minimum atomic E-state index is -0.860. The molecule has 0 radical (unpaired) electrons. The van der Waals surface area contributed by atoms with Gasteiger partial charge in [-0.05, 0) is 42.2 Å². The number of hydrogen-bond donors (Lipinski definition) is 2. The van der Waals surface area contributed by atoms with E-state index in [1.807, 2.05) is 12.3 Å². The highest BCUT2D eigenvalue weighted by atomic mass is 32.2. The lowest BCUT2D eigenvalue weighted by atomic mass is 10.1. The third-order valence-corrected chi connectivity index (χ3v) is 4.67. The Morgan fingerprint density at radius 3 is 2.70 bits per heavy atom. The molecular formula is C20H24FNO4S. The normalized spacial score (nSPS) is 11.8. The minimum Gasteiger partial charge on any atom is -0.493 e. The Morgan fingerprint density at radius 1 is 1.26 bits per heavy atom. The summed E-state index contributed by atoms with van der Waals surface area (Å²) in [7, 11) is 1.53. The summed E-state index contributed by atoms with van der Waals surface area (Å²) in [6, 6.07) is 11.2. The molecule has 0 aromatic heterocycles. The number of carboxylic acid groups (broad SMARTS) is 1. The van der Waals surface area contributed by atoms with Gasteiger partial charge in [-0.3, -0.25) is 4.79 Å². The molecule has 2 aromatic carbocycles. The molecule has 27 heavy (non-hydrogen) atoms. The zero-order valence-corrected chi connectivity index (χ0v) is 16.2. The number of halogens is 1. The fourth-order valence-electron chi connectivity index (χ4n) is 2.50. The average molecular weight is 393 g/mol. The second-order valence-electron chi connectivity index (χ2n) is 5.92. The summed E-state index contributed by atoms with van der Waals surface area (Å²) in [6.07, 6.45) is 2.50. The van der Waals surface area contributed by atoms with Gasteiger partial charge < -0.3 is 19.9 Å². The highest BCUT2D eigenvalue weighted by Crippen LogP contribution is 2.29. The lowest BCUT2D eigenvalue weighted by Gasteiger charge is -2.16. The lowest BCUT2D eigenvalue weighted by Crippen LogP contribution is -2.36. The van der Waals surface area contributed by atoms with E-state index in [0.717, 1.165) is 11.3 Å². The molecule has 0 spiro atoms. The number of thioether (sulfide) groups is 1. The third kappa shape index (κ3) is 6.45. The Bertz CT molecular complexity index is 757. The van der Waals surface area contributed by atoms with Gasteiger partial charge in [0, 0.05) is 12.1 Å². The van der Waals surface area contributed by atoms with Crippen molar-refractivity contribution in [1.82, 2.24) is 5.32 Å². The Balaban J connectivity index is 2.00. The van der Waals surface area contributed by atoms with Gasteiger partial charge in [-0.1, -0.05) is 24.3 Å². The summed E-state index contributed by atoms with van der Waals surface area (Å²) in [6.45, 7) is 0.492. The fraction of sp³-hybridized carbons (Fsp3) is 0.350. The smallest absolute Gasteiger partial charge is 0.320 e. The predicted molar refractivity (Wildman–Crippen MR) is 105 cm³/mol. The van der Waals surface area contributed by atoms with Crippen molar-refractivity contribution in [3.63, 3.8) is 0 Å². The molecule has 0 amide bonds. The van der Waals surface area contributed by atoms with Crippen molar-refractivity contribution in [2.75, 3.05) is 19.1 Å². The maximum atomic E-state index is 13.7. The molecule has 1 unspecified atom stereocenters. The first-order valence-electron chi connectivity index (χ1n) is 8.53. The SMILES string of the molecule is COc1cc(CNC(CCSC)C(=O)O)ccc1OCc1ccccc1F. The van der Waals surface area contributed by atoms with Crippen LogP contribution in [0, 0.1) is 5.82 Å². The number of ether oxygens (including phenoxy) is 2. The average Bonchev–Trinajstić information content (AvgIpc) is 2.67. The molecule has 0 bridgehead atoms. The van der Waals surface area contributed by atoms with Gasteiger partial charge in [0.15, 0.2) is 11.5 Å². The van der Waals surface area contributed by atoms with E-state index >= 15 is 0 Å². The Hall–Kier alpha value is -2.25. The number of benzene rings is 2. The molecule has 0 aliphatic heterocycles. The monoisotopic (exact) mass is 393 g/mol. The first-order chi connectivity index (χ1) is 13.0. The number of rotatable bonds is 11. The van der Waals surface area contributed by atoms with Crippen LogP contribution < -0.4 is 14.8 Å². The number of hydrogen-bond acceptors (Lipinski definition) is 5. The summed E-state index contributed by atoms with van der Waals surface area (Å²) in [5.41, 5.74) is 1.34. The largest absolute Gasteiger partial charge is 0.493 e. The van der Waals surface area contributed by atoms with E-state index in [9.17, 15) is 14.3 Å². The molecule has 146 valence electrons. The van der Waals surface area contributed by atoms with Crippen molar-refractivity contribution in [3.8, 4) is 11.5 Å². The van der Waals surface area contributed by atoms with E-state index in [-0.39, 0.29) is 12.4 Å². The molecule has 2 aromatic rings. The van der Waals surface area contributed by atoms with Crippen LogP contribution in [0.1, 0.15) is 17.5 Å². The van der Waals surface area contributed by atoms with Crippen LogP contribution in [-0.2, 0) is 17.9 Å². The maximum Gasteiger partial charge on any atom is 0.320 e. The van der Waals surface area contributed by atoms with E-state index in [1.165, 1.54) is 13.2 Å². The van der Waals surface area contributed by atoms with Crippen molar-refractivity contribution in [2.45, 2.75) is 25.6 Å². The van der Waals surface area contributed by atoms with Crippen LogP contribution in [0.5, 0.6) is 11.5 Å². The first kappa shape index (κ1) is 21.1. The van der Waals surface area contributed by atoms with E-state index in [1.54, 1.807) is 42.1 Å². The van der Waals surface area contributed by atoms with Crippen LogP contribution in [0.25, 0.3) is 0 Å². The van der Waals surface area contributed by atoms with Gasteiger partial charge in [0.05, 0.1) is 7.11 Å². The van der Waals surface area contributed by atoms with E-state index in [2.05, 4.69) is 5.32 Å². The van der Waals surface area contributed by atoms with Crippen LogP contribution >= 0.6 is 11.8 Å². The highest BCUT2D eigenvalue weighted by Gasteiger charge is 2.16. The zero-order valence-electron chi connectivity index (χ0n) is 15.4. The molecule has 0 saturated heterocycles. The van der Waals surface area contributed by atoms with Crippen LogP contribution in [0.15, 0.2) is 42.5 Å². The Labute approximate surface area is 162 Å². The summed E-state index contributed by atoms with van der Waals surface area (Å²) < 4.78 is 24.7. The molecule has 7 heteroatoms. The van der Waals surface area contributed by atoms with Crippen molar-refractivity contribution in [3.05, 3.63) is 59.4 Å². The van der Waals surface area contributed by atoms with Crippen molar-refractivity contribution in [2.24, 2.45) is 0 Å². The second kappa shape index (κ2) is 10.8. The molecule has 1 atom stereocenters. The molecule has 2 rings (SSSR count). The fourth-order valence-corrected chi connectivity index (χ4v) is 2.97. The third-order valence-electron chi connectivity index (χ3n) is 4.03. The van der Waals surface area contributed by atoms with E-state index in [0.29, 0.717) is 30.0 Å². The highest BCUT2D eigenvalue weighted by molar-refractivity contribution is 7.98. The van der Waals surface area contributed by atoms with Gasteiger partial charge in [-0.15, -0.1) is 0 Å². The number of methoxy groups -OCH3 is 1. The number of nitrogens with one attached hydrogen (secondary N) is 1. The topological polar surface area (TPSA) is 67.8 Å². The van der Waals surface area contributed by atoms with E-state index in [4.69, 9.17) is 9.47 Å². The van der Waals surface area contributed by atoms with Crippen LogP contribution in [0.3, 0.4) is 0 Å². The molecule has 0 heterocycles. The summed E-state index contributed by atoms with van der Waals surface area (Å²) in [4.78, 5) is 11.3. The zero-order chi connectivity index (χ0) is 19.6. The molecule has 5 nitrogen and oxygen atoms in total. The maximum absolute atomic E-state index is 13.7. The molecule has 0 saturated carbocycles. The lowest BCUT2D eigenvalue weighted by molar-refractivity contribution is -0.139. The number of aliphatic carboxylic acids is 1. The molecule has 0 aliphatic carbocycles. The van der Waals surface area contributed by atoms with E-state index < -0.39 is 12.0 Å². The number of carbonyl (C=O) groups is 1. The predicted octanol–water partition coefficient (Wildman–Crippen LogP) is 3.71. The second-order valence-corrected chi connectivity index (χ2v) is 6.90. The minimum absolute atomic E-state index is 0.0937. The van der Waals surface area contributed by atoms with Crippen molar-refractivity contribution >= 4 is 17.7 Å². The Morgan fingerprint density at radius 2 is 2.04 bits per heavy atom. The summed E-state index contributed by atoms with van der Waals surface area (Å²) >= 11 is 1.62. The molecule has 0 fully saturated rings. The van der Waals surface area contributed by atoms with Gasteiger partial charge in [-0.25, -0.2) is 4.39 Å². The van der Waals surface area contributed by atoms with Crippen LogP contribution in [-0.4, -0.2) is 36.2 Å². The summed E-state index contributed by atoms with van der Waals surface area (Å²) in [5.74, 6) is 0.613. The van der Waals surface area contributed by atoms with Crippen LogP contribution in [0.2, 0.25) is 0 Å². The van der Waals surface area contributed by atoms with Gasteiger partial charge in [0.1, 0.15) is 18.5 Å². The van der Waals surface area contributed by atoms with Gasteiger partial charge in [0.2, 0.25) is 0 Å². The van der Waals surface area contributed by atoms with Crippen molar-refractivity contribution in [1.29, 1.82) is 0 Å². The quantitative estimate of drug-likeness (QED) is 0.607. The molecule has 0 aliphatic rings. The summed E-state index contributed by atoms with van der Waals surface area (Å²) in [5, 5.41) is 12.3. The first-order valence-corrected chi connectivity index (χ1v) is 9.92. The standard InChI is InChI=1S/C20H24FNO4S/c1-25-19-11-14(12-22-17(20(23)24)9-10-27-2)7-8-18(19)26-13-15-5-3-4-6-16(15)21/h3-8,11,17,22H,9-10,12-13H2,1-2H3,(H,23,24). The molecule has 2 N–H and O–H groups in total. The Kier molecular flexibility index (Phi) is 8.42. The van der Waals surface area contributed by atoms with Gasteiger partial charge in [0.25, 0.3) is 0 Å². The van der Waals surface area contributed by atoms with Crippen LogP contribution in [0.4, 0.5) is 4.39 Å². The van der Waals surface area contributed by atoms with Crippen molar-refractivity contribution < 1.29 is 23.8 Å².